The number of sulfonamides is 1. The van der Waals surface area contributed by atoms with Gasteiger partial charge in [0.05, 0.1) is 11.4 Å². The van der Waals surface area contributed by atoms with Gasteiger partial charge in [-0.15, -0.1) is 11.3 Å². The van der Waals surface area contributed by atoms with Crippen molar-refractivity contribution in [2.45, 2.75) is 33.1 Å². The first-order valence-electron chi connectivity index (χ1n) is 6.60. The van der Waals surface area contributed by atoms with E-state index >= 15 is 0 Å². The minimum absolute atomic E-state index is 0.164. The van der Waals surface area contributed by atoms with E-state index in [4.69, 9.17) is 0 Å². The van der Waals surface area contributed by atoms with Gasteiger partial charge in [0, 0.05) is 24.4 Å². The van der Waals surface area contributed by atoms with Crippen LogP contribution in [0.3, 0.4) is 0 Å². The second-order valence-corrected chi connectivity index (χ2v) is 8.17. The SMILES string of the molecule is Cc1nc(NC(=O)CCN2CCCCS2(=O)=O)sc1C. The second kappa shape index (κ2) is 6.19. The van der Waals surface area contributed by atoms with Gasteiger partial charge in [0.15, 0.2) is 5.13 Å². The number of rotatable bonds is 4. The lowest BCUT2D eigenvalue weighted by Gasteiger charge is -2.25. The lowest BCUT2D eigenvalue weighted by molar-refractivity contribution is -0.116. The first-order chi connectivity index (χ1) is 9.38. The molecule has 0 atom stereocenters. The number of carbonyl (C=O) groups excluding carboxylic acids is 1. The standard InChI is InChI=1S/C12H19N3O3S2/c1-9-10(2)19-12(13-9)14-11(16)5-7-15-6-3-4-8-20(15,17)18/h3-8H2,1-2H3,(H,13,14,16). The molecule has 6 nitrogen and oxygen atoms in total. The highest BCUT2D eigenvalue weighted by atomic mass is 32.2. The van der Waals surface area contributed by atoms with Crippen molar-refractivity contribution in [2.75, 3.05) is 24.2 Å². The maximum absolute atomic E-state index is 11.8. The van der Waals surface area contributed by atoms with Crippen molar-refractivity contribution in [1.82, 2.24) is 9.29 Å². The average Bonchev–Trinajstić information content (AvgIpc) is 2.66. The van der Waals surface area contributed by atoms with E-state index < -0.39 is 10.0 Å². The molecule has 0 bridgehead atoms. The van der Waals surface area contributed by atoms with Crippen LogP contribution in [-0.2, 0) is 14.8 Å². The number of aryl methyl sites for hydroxylation is 2. The second-order valence-electron chi connectivity index (χ2n) is 4.88. The molecule has 1 aromatic rings. The Morgan fingerprint density at radius 2 is 2.15 bits per heavy atom. The number of hydrogen-bond donors (Lipinski definition) is 1. The van der Waals surface area contributed by atoms with Gasteiger partial charge in [-0.1, -0.05) is 0 Å². The largest absolute Gasteiger partial charge is 0.302 e. The van der Waals surface area contributed by atoms with Gasteiger partial charge in [-0.05, 0) is 26.7 Å². The van der Waals surface area contributed by atoms with Gasteiger partial charge in [-0.25, -0.2) is 17.7 Å². The van der Waals surface area contributed by atoms with Gasteiger partial charge < -0.3 is 5.32 Å². The van der Waals surface area contributed by atoms with E-state index in [-0.39, 0.29) is 24.6 Å². The van der Waals surface area contributed by atoms with E-state index in [9.17, 15) is 13.2 Å². The van der Waals surface area contributed by atoms with Gasteiger partial charge in [0.1, 0.15) is 0 Å². The molecule has 2 rings (SSSR count). The molecule has 1 fully saturated rings. The molecule has 1 aliphatic heterocycles. The van der Waals surface area contributed by atoms with Gasteiger partial charge in [0.25, 0.3) is 0 Å². The lowest BCUT2D eigenvalue weighted by Crippen LogP contribution is -2.39. The molecule has 0 aromatic carbocycles. The summed E-state index contributed by atoms with van der Waals surface area (Å²) in [5.41, 5.74) is 0.906. The van der Waals surface area contributed by atoms with Crippen LogP contribution in [-0.4, -0.2) is 42.5 Å². The van der Waals surface area contributed by atoms with Crippen LogP contribution in [0, 0.1) is 13.8 Å². The molecule has 20 heavy (non-hydrogen) atoms. The summed E-state index contributed by atoms with van der Waals surface area (Å²) in [4.78, 5) is 17.1. The molecular weight excluding hydrogens is 298 g/mol. The summed E-state index contributed by atoms with van der Waals surface area (Å²) < 4.78 is 25.0. The van der Waals surface area contributed by atoms with Crippen LogP contribution in [0.5, 0.6) is 0 Å². The normalized spacial score (nSPS) is 18.9. The Hall–Kier alpha value is -0.990. The molecule has 2 heterocycles. The van der Waals surface area contributed by atoms with Crippen molar-refractivity contribution < 1.29 is 13.2 Å². The Kier molecular flexibility index (Phi) is 4.77. The monoisotopic (exact) mass is 317 g/mol. The molecule has 8 heteroatoms. The predicted octanol–water partition coefficient (Wildman–Crippen LogP) is 1.51. The molecule has 0 spiro atoms. The summed E-state index contributed by atoms with van der Waals surface area (Å²) in [6, 6.07) is 0. The zero-order valence-corrected chi connectivity index (χ0v) is 13.3. The van der Waals surface area contributed by atoms with Crippen molar-refractivity contribution in [1.29, 1.82) is 0 Å². The summed E-state index contributed by atoms with van der Waals surface area (Å²) in [5.74, 6) is -0.000949. The van der Waals surface area contributed by atoms with Crippen molar-refractivity contribution >= 4 is 32.4 Å². The molecule has 1 aliphatic rings. The van der Waals surface area contributed by atoms with Crippen LogP contribution in [0.25, 0.3) is 0 Å². The number of aromatic nitrogens is 1. The predicted molar refractivity (Wildman–Crippen MR) is 79.4 cm³/mol. The number of carbonyl (C=O) groups is 1. The fraction of sp³-hybridized carbons (Fsp3) is 0.667. The highest BCUT2D eigenvalue weighted by Crippen LogP contribution is 2.21. The summed E-state index contributed by atoms with van der Waals surface area (Å²) >= 11 is 1.43. The molecule has 1 saturated heterocycles. The molecule has 1 aromatic heterocycles. The molecular formula is C12H19N3O3S2. The van der Waals surface area contributed by atoms with Gasteiger partial charge in [-0.2, -0.15) is 0 Å². The highest BCUT2D eigenvalue weighted by Gasteiger charge is 2.25. The van der Waals surface area contributed by atoms with Crippen LogP contribution in [0.1, 0.15) is 29.8 Å². The van der Waals surface area contributed by atoms with Gasteiger partial charge in [0.2, 0.25) is 15.9 Å². The van der Waals surface area contributed by atoms with Gasteiger partial charge >= 0.3 is 0 Å². The van der Waals surface area contributed by atoms with E-state index in [1.807, 2.05) is 13.8 Å². The quantitative estimate of drug-likeness (QED) is 0.913. The number of hydrogen-bond acceptors (Lipinski definition) is 5. The third-order valence-corrected chi connectivity index (χ3v) is 6.26. The Labute approximate surface area is 123 Å². The van der Waals surface area contributed by atoms with Gasteiger partial charge in [-0.3, -0.25) is 4.79 Å². The minimum Gasteiger partial charge on any atom is -0.302 e. The maximum Gasteiger partial charge on any atom is 0.227 e. The van der Waals surface area contributed by atoms with Crippen LogP contribution < -0.4 is 5.32 Å². The molecule has 112 valence electrons. The molecule has 0 radical (unpaired) electrons. The van der Waals surface area contributed by atoms with Crippen LogP contribution >= 0.6 is 11.3 Å². The van der Waals surface area contributed by atoms with Crippen molar-refractivity contribution in [3.05, 3.63) is 10.6 Å². The van der Waals surface area contributed by atoms with Crippen LogP contribution in [0.2, 0.25) is 0 Å². The summed E-state index contributed by atoms with van der Waals surface area (Å²) in [5, 5.41) is 3.29. The van der Waals surface area contributed by atoms with Crippen molar-refractivity contribution in [2.24, 2.45) is 0 Å². The first-order valence-corrected chi connectivity index (χ1v) is 9.03. The topological polar surface area (TPSA) is 79.4 Å². The number of amides is 1. The summed E-state index contributed by atoms with van der Waals surface area (Å²) in [7, 11) is -3.15. The number of anilines is 1. The van der Waals surface area contributed by atoms with Crippen molar-refractivity contribution in [3.63, 3.8) is 0 Å². The highest BCUT2D eigenvalue weighted by molar-refractivity contribution is 7.89. The Balaban J connectivity index is 1.86. The third kappa shape index (κ3) is 3.77. The number of nitrogens with one attached hydrogen (secondary N) is 1. The van der Waals surface area contributed by atoms with E-state index in [0.717, 1.165) is 17.0 Å². The Bertz CT molecular complexity index is 576. The lowest BCUT2D eigenvalue weighted by atomic mass is 10.3. The first kappa shape index (κ1) is 15.4. The summed E-state index contributed by atoms with van der Waals surface area (Å²) in [6.07, 6.45) is 1.74. The van der Waals surface area contributed by atoms with E-state index in [2.05, 4.69) is 10.3 Å². The molecule has 1 amide bonds. The zero-order chi connectivity index (χ0) is 14.8. The fourth-order valence-corrected chi connectivity index (χ4v) is 4.46. The third-order valence-electron chi connectivity index (χ3n) is 3.32. The van der Waals surface area contributed by atoms with E-state index in [0.29, 0.717) is 18.1 Å². The van der Waals surface area contributed by atoms with E-state index in [1.165, 1.54) is 15.6 Å². The van der Waals surface area contributed by atoms with E-state index in [1.54, 1.807) is 0 Å². The Morgan fingerprint density at radius 3 is 2.75 bits per heavy atom. The number of thiazole rings is 1. The molecule has 0 aliphatic carbocycles. The van der Waals surface area contributed by atoms with Crippen LogP contribution in [0.15, 0.2) is 0 Å². The summed E-state index contributed by atoms with van der Waals surface area (Å²) in [6.45, 7) is 4.60. The zero-order valence-electron chi connectivity index (χ0n) is 11.7. The Morgan fingerprint density at radius 1 is 1.40 bits per heavy atom. The molecule has 1 N–H and O–H groups in total. The molecule has 0 saturated carbocycles. The number of nitrogens with zero attached hydrogens (tertiary/aromatic N) is 2. The van der Waals surface area contributed by atoms with Crippen molar-refractivity contribution in [3.8, 4) is 0 Å². The van der Waals surface area contributed by atoms with Crippen LogP contribution in [0.4, 0.5) is 5.13 Å². The average molecular weight is 317 g/mol. The molecule has 0 unspecified atom stereocenters. The maximum atomic E-state index is 11.8. The minimum atomic E-state index is -3.15. The smallest absolute Gasteiger partial charge is 0.227 e. The fourth-order valence-electron chi connectivity index (χ4n) is 2.03.